The lowest BCUT2D eigenvalue weighted by molar-refractivity contribution is 0.151. The monoisotopic (exact) mass is 245 g/mol. The molecule has 0 radical (unpaired) electrons. The third kappa shape index (κ3) is 2.53. The Labute approximate surface area is 98.8 Å². The molecule has 0 bridgehead atoms. The average Bonchev–Trinajstić information content (AvgIpc) is 2.30. The van der Waals surface area contributed by atoms with E-state index in [2.05, 4.69) is 5.32 Å². The minimum Gasteiger partial charge on any atom is -0.316 e. The minimum atomic E-state index is -2.45. The molecule has 1 heterocycles. The molecule has 1 unspecified atom stereocenters. The van der Waals surface area contributed by atoms with Gasteiger partial charge in [-0.25, -0.2) is 8.78 Å². The third-order valence-electron chi connectivity index (χ3n) is 3.01. The van der Waals surface area contributed by atoms with E-state index in [0.717, 1.165) is 31.5 Å². The van der Waals surface area contributed by atoms with E-state index in [4.69, 9.17) is 11.6 Å². The van der Waals surface area contributed by atoms with Crippen molar-refractivity contribution in [1.82, 2.24) is 5.32 Å². The lowest BCUT2D eigenvalue weighted by Gasteiger charge is -2.24. The van der Waals surface area contributed by atoms with Crippen LogP contribution in [0.15, 0.2) is 18.2 Å². The molecular formula is C12H14ClF2N. The summed E-state index contributed by atoms with van der Waals surface area (Å²) in [5.41, 5.74) is 0.982. The first kappa shape index (κ1) is 11.8. The first-order chi connectivity index (χ1) is 7.68. The van der Waals surface area contributed by atoms with E-state index in [1.807, 2.05) is 0 Å². The van der Waals surface area contributed by atoms with Crippen LogP contribution < -0.4 is 5.32 Å². The Kier molecular flexibility index (Phi) is 3.77. The second kappa shape index (κ2) is 5.11. The van der Waals surface area contributed by atoms with Crippen LogP contribution in [-0.4, -0.2) is 13.1 Å². The molecule has 1 aliphatic rings. The number of rotatable bonds is 2. The van der Waals surface area contributed by atoms with Gasteiger partial charge in [-0.05, 0) is 36.9 Å². The molecular weight excluding hydrogens is 232 g/mol. The molecule has 1 aromatic carbocycles. The summed E-state index contributed by atoms with van der Waals surface area (Å²) in [6.07, 6.45) is -0.269. The van der Waals surface area contributed by atoms with Crippen LogP contribution >= 0.6 is 11.6 Å². The molecule has 0 spiro atoms. The Morgan fingerprint density at radius 1 is 1.38 bits per heavy atom. The van der Waals surface area contributed by atoms with Gasteiger partial charge >= 0.3 is 0 Å². The van der Waals surface area contributed by atoms with Crippen LogP contribution in [-0.2, 0) is 0 Å². The molecule has 0 aliphatic carbocycles. The van der Waals surface area contributed by atoms with Crippen molar-refractivity contribution in [1.29, 1.82) is 0 Å². The molecule has 2 rings (SSSR count). The van der Waals surface area contributed by atoms with Gasteiger partial charge in [-0.2, -0.15) is 0 Å². The van der Waals surface area contributed by atoms with E-state index in [9.17, 15) is 8.78 Å². The zero-order valence-corrected chi connectivity index (χ0v) is 9.61. The highest BCUT2D eigenvalue weighted by atomic mass is 35.5. The van der Waals surface area contributed by atoms with Gasteiger partial charge in [0.2, 0.25) is 0 Å². The molecule has 88 valence electrons. The second-order valence-electron chi connectivity index (χ2n) is 4.12. The summed E-state index contributed by atoms with van der Waals surface area (Å²) in [6.45, 7) is 1.91. The van der Waals surface area contributed by atoms with Gasteiger partial charge in [0, 0.05) is 17.1 Å². The summed E-state index contributed by atoms with van der Waals surface area (Å²) in [6, 6.07) is 4.60. The first-order valence-electron chi connectivity index (χ1n) is 5.46. The van der Waals surface area contributed by atoms with Gasteiger partial charge in [0.25, 0.3) is 6.43 Å². The Hall–Kier alpha value is -0.670. The van der Waals surface area contributed by atoms with Crippen molar-refractivity contribution < 1.29 is 8.78 Å². The van der Waals surface area contributed by atoms with Gasteiger partial charge in [0.15, 0.2) is 0 Å². The van der Waals surface area contributed by atoms with Gasteiger partial charge in [0.05, 0.1) is 0 Å². The number of halogens is 3. The van der Waals surface area contributed by atoms with Gasteiger partial charge in [-0.15, -0.1) is 0 Å². The number of hydrogen-bond acceptors (Lipinski definition) is 1. The maximum absolute atomic E-state index is 12.4. The van der Waals surface area contributed by atoms with Gasteiger partial charge in [-0.3, -0.25) is 0 Å². The van der Waals surface area contributed by atoms with Crippen LogP contribution in [0.5, 0.6) is 0 Å². The molecule has 1 nitrogen and oxygen atoms in total. The van der Waals surface area contributed by atoms with Crippen molar-refractivity contribution in [3.63, 3.8) is 0 Å². The van der Waals surface area contributed by atoms with Crippen molar-refractivity contribution in [2.45, 2.75) is 25.2 Å². The summed E-state index contributed by atoms with van der Waals surface area (Å²) in [4.78, 5) is 0. The lowest BCUT2D eigenvalue weighted by Crippen LogP contribution is -2.28. The average molecular weight is 246 g/mol. The van der Waals surface area contributed by atoms with Gasteiger partial charge in [0.1, 0.15) is 0 Å². The molecule has 1 fully saturated rings. The highest BCUT2D eigenvalue weighted by Gasteiger charge is 2.19. The van der Waals surface area contributed by atoms with E-state index in [1.165, 1.54) is 12.1 Å². The van der Waals surface area contributed by atoms with Crippen molar-refractivity contribution >= 4 is 11.6 Å². The Bertz CT molecular complexity index is 362. The highest BCUT2D eigenvalue weighted by molar-refractivity contribution is 6.31. The van der Waals surface area contributed by atoms with Crippen LogP contribution in [0.3, 0.4) is 0 Å². The largest absolute Gasteiger partial charge is 0.316 e. The molecule has 1 atom stereocenters. The number of alkyl halides is 2. The number of hydrogen-bond donors (Lipinski definition) is 1. The smallest absolute Gasteiger partial charge is 0.263 e. The SMILES string of the molecule is FC(F)c1ccc(C2CCCNC2)c(Cl)c1. The van der Waals surface area contributed by atoms with E-state index >= 15 is 0 Å². The number of nitrogens with one attached hydrogen (secondary N) is 1. The predicted octanol–water partition coefficient (Wildman–Crippen LogP) is 3.74. The predicted molar refractivity (Wildman–Crippen MR) is 61.3 cm³/mol. The van der Waals surface area contributed by atoms with E-state index in [0.29, 0.717) is 10.9 Å². The summed E-state index contributed by atoms with van der Waals surface area (Å²) < 4.78 is 24.9. The van der Waals surface area contributed by atoms with Crippen molar-refractivity contribution in [2.75, 3.05) is 13.1 Å². The fourth-order valence-electron chi connectivity index (χ4n) is 2.13. The van der Waals surface area contributed by atoms with Crippen LogP contribution in [0.25, 0.3) is 0 Å². The maximum Gasteiger partial charge on any atom is 0.263 e. The molecule has 16 heavy (non-hydrogen) atoms. The van der Waals surface area contributed by atoms with Crippen molar-refractivity contribution in [3.05, 3.63) is 34.3 Å². The Balaban J connectivity index is 2.21. The molecule has 0 amide bonds. The summed E-state index contributed by atoms with van der Waals surface area (Å²) in [5.74, 6) is 0.355. The molecule has 1 saturated heterocycles. The fourth-order valence-corrected chi connectivity index (χ4v) is 2.47. The lowest BCUT2D eigenvalue weighted by atomic mass is 9.91. The number of benzene rings is 1. The normalized spacial score (nSPS) is 21.4. The van der Waals surface area contributed by atoms with Gasteiger partial charge < -0.3 is 5.32 Å². The van der Waals surface area contributed by atoms with E-state index < -0.39 is 6.43 Å². The van der Waals surface area contributed by atoms with Crippen molar-refractivity contribution in [2.24, 2.45) is 0 Å². The zero-order chi connectivity index (χ0) is 11.5. The summed E-state index contributed by atoms with van der Waals surface area (Å²) in [5, 5.41) is 3.76. The van der Waals surface area contributed by atoms with Crippen LogP contribution in [0.1, 0.15) is 36.3 Å². The van der Waals surface area contributed by atoms with E-state index in [-0.39, 0.29) is 5.56 Å². The van der Waals surface area contributed by atoms with Gasteiger partial charge in [-0.1, -0.05) is 23.7 Å². The highest BCUT2D eigenvalue weighted by Crippen LogP contribution is 2.32. The third-order valence-corrected chi connectivity index (χ3v) is 3.34. The molecule has 0 saturated carbocycles. The zero-order valence-electron chi connectivity index (χ0n) is 8.85. The minimum absolute atomic E-state index is 0.00230. The quantitative estimate of drug-likeness (QED) is 0.837. The van der Waals surface area contributed by atoms with Crippen LogP contribution in [0.2, 0.25) is 5.02 Å². The fraction of sp³-hybridized carbons (Fsp3) is 0.500. The maximum atomic E-state index is 12.4. The van der Waals surface area contributed by atoms with Crippen LogP contribution in [0, 0.1) is 0 Å². The topological polar surface area (TPSA) is 12.0 Å². The number of piperidine rings is 1. The molecule has 1 aromatic rings. The van der Waals surface area contributed by atoms with E-state index in [1.54, 1.807) is 6.07 Å². The Morgan fingerprint density at radius 2 is 2.19 bits per heavy atom. The molecule has 1 N–H and O–H groups in total. The molecule has 4 heteroatoms. The Morgan fingerprint density at radius 3 is 2.75 bits per heavy atom. The standard InChI is InChI=1S/C12H14ClF2N/c13-11-6-8(12(14)15)3-4-10(11)9-2-1-5-16-7-9/h3-4,6,9,12,16H,1-2,5,7H2. The first-order valence-corrected chi connectivity index (χ1v) is 5.84. The van der Waals surface area contributed by atoms with Crippen molar-refractivity contribution in [3.8, 4) is 0 Å². The summed E-state index contributed by atoms with van der Waals surface area (Å²) in [7, 11) is 0. The molecule has 0 aromatic heterocycles. The van der Waals surface area contributed by atoms with Crippen LogP contribution in [0.4, 0.5) is 8.78 Å². The summed E-state index contributed by atoms with van der Waals surface area (Å²) >= 11 is 6.05. The second-order valence-corrected chi connectivity index (χ2v) is 4.53. The molecule has 1 aliphatic heterocycles.